The Bertz CT molecular complexity index is 774. The lowest BCUT2D eigenvalue weighted by Gasteiger charge is -2.17. The van der Waals surface area contributed by atoms with Crippen LogP contribution in [0, 0.1) is 0 Å². The highest BCUT2D eigenvalue weighted by atomic mass is 16.5. The van der Waals surface area contributed by atoms with E-state index in [0.29, 0.717) is 22.7 Å². The van der Waals surface area contributed by atoms with Gasteiger partial charge in [-0.1, -0.05) is 19.1 Å². The van der Waals surface area contributed by atoms with E-state index < -0.39 is 6.10 Å². The predicted octanol–water partition coefficient (Wildman–Crippen LogP) is 3.63. The van der Waals surface area contributed by atoms with Crippen LogP contribution in [0.2, 0.25) is 0 Å². The van der Waals surface area contributed by atoms with Gasteiger partial charge in [0.15, 0.2) is 6.10 Å². The van der Waals surface area contributed by atoms with Gasteiger partial charge in [0, 0.05) is 6.04 Å². The van der Waals surface area contributed by atoms with Gasteiger partial charge in [0.1, 0.15) is 11.5 Å². The number of hydrogen-bond donors (Lipinski definition) is 2. The summed E-state index contributed by atoms with van der Waals surface area (Å²) in [6.45, 7) is 5.59. The fourth-order valence-electron chi connectivity index (χ4n) is 2.34. The Morgan fingerprint density at radius 2 is 1.63 bits per heavy atom. The molecule has 0 aliphatic heterocycles. The minimum Gasteiger partial charge on any atom is -0.497 e. The molecule has 2 rings (SSSR count). The standard InChI is InChI=1S/C21H26N2O4/c1-5-14(2)22-21(25)18-8-6-7-9-19(18)23-20(24)15(3)27-17-12-10-16(26-4)11-13-17/h6-15H,5H2,1-4H3,(H,22,25)(H,23,24)/t14-,15+/m1/s1. The summed E-state index contributed by atoms with van der Waals surface area (Å²) in [6, 6.07) is 13.9. The van der Waals surface area contributed by atoms with Crippen LogP contribution in [0.15, 0.2) is 48.5 Å². The van der Waals surface area contributed by atoms with Crippen molar-refractivity contribution in [3.05, 3.63) is 54.1 Å². The highest BCUT2D eigenvalue weighted by Crippen LogP contribution is 2.20. The molecule has 0 aromatic heterocycles. The second-order valence-corrected chi connectivity index (χ2v) is 6.25. The minimum atomic E-state index is -0.732. The molecule has 0 fully saturated rings. The Morgan fingerprint density at radius 3 is 2.26 bits per heavy atom. The van der Waals surface area contributed by atoms with Crippen molar-refractivity contribution in [2.75, 3.05) is 12.4 Å². The maximum atomic E-state index is 12.5. The molecule has 2 aromatic rings. The van der Waals surface area contributed by atoms with Crippen molar-refractivity contribution in [2.24, 2.45) is 0 Å². The van der Waals surface area contributed by atoms with E-state index in [4.69, 9.17) is 9.47 Å². The molecule has 2 aromatic carbocycles. The van der Waals surface area contributed by atoms with Gasteiger partial charge in [0.2, 0.25) is 0 Å². The topological polar surface area (TPSA) is 76.7 Å². The molecule has 2 amide bonds. The van der Waals surface area contributed by atoms with E-state index in [1.165, 1.54) is 0 Å². The number of hydrogen-bond acceptors (Lipinski definition) is 4. The lowest BCUT2D eigenvalue weighted by Crippen LogP contribution is -2.34. The number of anilines is 1. The van der Waals surface area contributed by atoms with Gasteiger partial charge in [-0.25, -0.2) is 0 Å². The molecule has 27 heavy (non-hydrogen) atoms. The molecule has 0 unspecified atom stereocenters. The van der Waals surface area contributed by atoms with Gasteiger partial charge in [-0.15, -0.1) is 0 Å². The number of carbonyl (C=O) groups is 2. The van der Waals surface area contributed by atoms with Gasteiger partial charge in [-0.05, 0) is 56.7 Å². The Labute approximate surface area is 159 Å². The highest BCUT2D eigenvalue weighted by Gasteiger charge is 2.19. The number of benzene rings is 2. The van der Waals surface area contributed by atoms with E-state index in [-0.39, 0.29) is 17.9 Å². The van der Waals surface area contributed by atoms with Crippen molar-refractivity contribution < 1.29 is 19.1 Å². The maximum absolute atomic E-state index is 12.5. The molecular formula is C21H26N2O4. The molecule has 0 aliphatic carbocycles. The van der Waals surface area contributed by atoms with E-state index in [1.54, 1.807) is 62.6 Å². The normalized spacial score (nSPS) is 12.6. The van der Waals surface area contributed by atoms with Gasteiger partial charge in [-0.2, -0.15) is 0 Å². The minimum absolute atomic E-state index is 0.0542. The van der Waals surface area contributed by atoms with Crippen molar-refractivity contribution in [1.29, 1.82) is 0 Å². The van der Waals surface area contributed by atoms with Crippen molar-refractivity contribution in [1.82, 2.24) is 5.32 Å². The zero-order valence-corrected chi connectivity index (χ0v) is 16.1. The van der Waals surface area contributed by atoms with Crippen LogP contribution >= 0.6 is 0 Å². The summed E-state index contributed by atoms with van der Waals surface area (Å²) in [5, 5.41) is 5.68. The first-order valence-corrected chi connectivity index (χ1v) is 8.96. The van der Waals surface area contributed by atoms with Gasteiger partial charge in [0.05, 0.1) is 18.4 Å². The van der Waals surface area contributed by atoms with Crippen molar-refractivity contribution in [2.45, 2.75) is 39.3 Å². The molecular weight excluding hydrogens is 344 g/mol. The molecule has 144 valence electrons. The van der Waals surface area contributed by atoms with Gasteiger partial charge < -0.3 is 20.1 Å². The van der Waals surface area contributed by atoms with Crippen LogP contribution in [0.4, 0.5) is 5.69 Å². The van der Waals surface area contributed by atoms with Crippen LogP contribution in [-0.4, -0.2) is 31.1 Å². The molecule has 0 radical (unpaired) electrons. The first-order chi connectivity index (χ1) is 12.9. The summed E-state index contributed by atoms with van der Waals surface area (Å²) in [4.78, 5) is 24.9. The number of para-hydroxylation sites is 1. The van der Waals surface area contributed by atoms with Crippen LogP contribution < -0.4 is 20.1 Å². The fourth-order valence-corrected chi connectivity index (χ4v) is 2.34. The first-order valence-electron chi connectivity index (χ1n) is 8.96. The molecule has 0 spiro atoms. The average Bonchev–Trinajstić information content (AvgIpc) is 2.68. The summed E-state index contributed by atoms with van der Waals surface area (Å²) in [7, 11) is 1.58. The van der Waals surface area contributed by atoms with Gasteiger partial charge in [-0.3, -0.25) is 9.59 Å². The van der Waals surface area contributed by atoms with Crippen molar-refractivity contribution in [3.63, 3.8) is 0 Å². The number of rotatable bonds is 8. The van der Waals surface area contributed by atoms with E-state index >= 15 is 0 Å². The largest absolute Gasteiger partial charge is 0.497 e. The van der Waals surface area contributed by atoms with Gasteiger partial charge >= 0.3 is 0 Å². The van der Waals surface area contributed by atoms with Crippen molar-refractivity contribution in [3.8, 4) is 11.5 Å². The zero-order valence-electron chi connectivity index (χ0n) is 16.1. The van der Waals surface area contributed by atoms with Crippen LogP contribution in [0.1, 0.15) is 37.6 Å². The number of nitrogens with one attached hydrogen (secondary N) is 2. The third-order valence-electron chi connectivity index (χ3n) is 4.16. The number of carbonyl (C=O) groups excluding carboxylic acids is 2. The Kier molecular flexibility index (Phi) is 7.23. The molecule has 0 saturated heterocycles. The Hall–Kier alpha value is -3.02. The average molecular weight is 370 g/mol. The fraction of sp³-hybridized carbons (Fsp3) is 0.333. The quantitative estimate of drug-likeness (QED) is 0.744. The van der Waals surface area contributed by atoms with Crippen LogP contribution in [0.3, 0.4) is 0 Å². The number of amides is 2. The predicted molar refractivity (Wildman–Crippen MR) is 105 cm³/mol. The van der Waals surface area contributed by atoms with E-state index in [0.717, 1.165) is 6.42 Å². The third-order valence-corrected chi connectivity index (χ3v) is 4.16. The summed E-state index contributed by atoms with van der Waals surface area (Å²) in [5.74, 6) is 0.709. The maximum Gasteiger partial charge on any atom is 0.265 e. The smallest absolute Gasteiger partial charge is 0.265 e. The lowest BCUT2D eigenvalue weighted by molar-refractivity contribution is -0.122. The second kappa shape index (κ2) is 9.62. The lowest BCUT2D eigenvalue weighted by atomic mass is 10.1. The summed E-state index contributed by atoms with van der Waals surface area (Å²) < 4.78 is 10.8. The number of methoxy groups -OCH3 is 1. The van der Waals surface area contributed by atoms with Crippen molar-refractivity contribution >= 4 is 17.5 Å². The molecule has 6 nitrogen and oxygen atoms in total. The molecule has 0 bridgehead atoms. The summed E-state index contributed by atoms with van der Waals surface area (Å²) >= 11 is 0. The Morgan fingerprint density at radius 1 is 1.00 bits per heavy atom. The monoisotopic (exact) mass is 370 g/mol. The molecule has 0 heterocycles. The molecule has 2 N–H and O–H groups in total. The summed E-state index contributed by atoms with van der Waals surface area (Å²) in [6.07, 6.45) is 0.0941. The SMILES string of the molecule is CC[C@@H](C)NC(=O)c1ccccc1NC(=O)[C@H](C)Oc1ccc(OC)cc1. The molecule has 0 saturated carbocycles. The van der Waals surface area contributed by atoms with Crippen LogP contribution in [-0.2, 0) is 4.79 Å². The first kappa shape index (κ1) is 20.3. The highest BCUT2D eigenvalue weighted by molar-refractivity contribution is 6.04. The van der Waals surface area contributed by atoms with E-state index in [2.05, 4.69) is 10.6 Å². The molecule has 0 aliphatic rings. The summed E-state index contributed by atoms with van der Waals surface area (Å²) in [5.41, 5.74) is 0.872. The van der Waals surface area contributed by atoms with E-state index in [9.17, 15) is 9.59 Å². The van der Waals surface area contributed by atoms with Gasteiger partial charge in [0.25, 0.3) is 11.8 Å². The molecule has 6 heteroatoms. The Balaban J connectivity index is 2.04. The zero-order chi connectivity index (χ0) is 19.8. The molecule has 2 atom stereocenters. The van der Waals surface area contributed by atoms with Crippen LogP contribution in [0.25, 0.3) is 0 Å². The third kappa shape index (κ3) is 5.74. The van der Waals surface area contributed by atoms with Crippen LogP contribution in [0.5, 0.6) is 11.5 Å². The number of ether oxygens (including phenoxy) is 2. The van der Waals surface area contributed by atoms with E-state index in [1.807, 2.05) is 13.8 Å². The second-order valence-electron chi connectivity index (χ2n) is 6.25.